The molecule has 168 valence electrons. The largest absolute Gasteiger partial charge is 0.494 e. The van der Waals surface area contributed by atoms with Gasteiger partial charge in [0.2, 0.25) is 5.91 Å². The summed E-state index contributed by atoms with van der Waals surface area (Å²) in [6.45, 7) is 8.21. The van der Waals surface area contributed by atoms with Gasteiger partial charge in [0.1, 0.15) is 5.75 Å². The van der Waals surface area contributed by atoms with E-state index in [1.807, 2.05) is 38.1 Å². The monoisotopic (exact) mass is 425 g/mol. The Labute approximate surface area is 186 Å². The molecular formula is C25H35N3O3. The third-order valence-corrected chi connectivity index (χ3v) is 5.00. The fraction of sp³-hybridized carbons (Fsp3) is 0.440. The van der Waals surface area contributed by atoms with Crippen molar-refractivity contribution in [3.05, 3.63) is 54.1 Å². The van der Waals surface area contributed by atoms with Crippen LogP contribution in [0.15, 0.2) is 48.5 Å². The third-order valence-electron chi connectivity index (χ3n) is 5.00. The smallest absolute Gasteiger partial charge is 0.253 e. The Hall–Kier alpha value is -3.02. The normalized spacial score (nSPS) is 10.4. The van der Waals surface area contributed by atoms with Gasteiger partial charge in [-0.1, -0.05) is 38.3 Å². The summed E-state index contributed by atoms with van der Waals surface area (Å²) in [5.41, 5.74) is 2.00. The minimum atomic E-state index is -0.182. The molecule has 0 heterocycles. The molecule has 0 aromatic heterocycles. The molecule has 2 aromatic carbocycles. The second kappa shape index (κ2) is 13.3. The maximum Gasteiger partial charge on any atom is 0.253 e. The van der Waals surface area contributed by atoms with Crippen LogP contribution in [0.1, 0.15) is 56.8 Å². The predicted molar refractivity (Wildman–Crippen MR) is 127 cm³/mol. The summed E-state index contributed by atoms with van der Waals surface area (Å²) >= 11 is 0. The van der Waals surface area contributed by atoms with Crippen LogP contribution in [0.2, 0.25) is 0 Å². The SMILES string of the molecule is CCCCCCOc1cccc(NCC(=O)Nc2cccc(C(=O)N(CC)CC)c2)c1. The number of unbranched alkanes of at least 4 members (excludes halogenated alkanes) is 3. The second-order valence-corrected chi connectivity index (χ2v) is 7.40. The van der Waals surface area contributed by atoms with Crippen LogP contribution in [-0.2, 0) is 4.79 Å². The molecule has 0 aliphatic carbocycles. The highest BCUT2D eigenvalue weighted by Crippen LogP contribution is 2.18. The number of benzene rings is 2. The second-order valence-electron chi connectivity index (χ2n) is 7.40. The number of rotatable bonds is 13. The van der Waals surface area contributed by atoms with E-state index in [0.717, 1.165) is 17.9 Å². The molecule has 0 aliphatic rings. The van der Waals surface area contributed by atoms with Crippen LogP contribution in [0.3, 0.4) is 0 Å². The quantitative estimate of drug-likeness (QED) is 0.434. The van der Waals surface area contributed by atoms with Crippen LogP contribution in [0.25, 0.3) is 0 Å². The van der Waals surface area contributed by atoms with Crippen molar-refractivity contribution in [1.29, 1.82) is 0 Å². The Morgan fingerprint density at radius 3 is 2.39 bits per heavy atom. The Morgan fingerprint density at radius 1 is 0.903 bits per heavy atom. The summed E-state index contributed by atoms with van der Waals surface area (Å²) in [6.07, 6.45) is 4.66. The van der Waals surface area contributed by atoms with E-state index in [2.05, 4.69) is 17.6 Å². The number of nitrogens with zero attached hydrogens (tertiary/aromatic N) is 1. The van der Waals surface area contributed by atoms with E-state index in [1.54, 1.807) is 29.2 Å². The molecule has 0 saturated carbocycles. The third kappa shape index (κ3) is 8.32. The molecule has 6 nitrogen and oxygen atoms in total. The molecule has 2 amide bonds. The maximum atomic E-state index is 12.5. The lowest BCUT2D eigenvalue weighted by Gasteiger charge is -2.19. The van der Waals surface area contributed by atoms with E-state index in [1.165, 1.54) is 19.3 Å². The lowest BCUT2D eigenvalue weighted by molar-refractivity contribution is -0.114. The van der Waals surface area contributed by atoms with Crippen molar-refractivity contribution in [2.75, 3.05) is 36.9 Å². The molecule has 0 unspecified atom stereocenters. The van der Waals surface area contributed by atoms with Crippen LogP contribution in [0.4, 0.5) is 11.4 Å². The summed E-state index contributed by atoms with van der Waals surface area (Å²) in [7, 11) is 0. The lowest BCUT2D eigenvalue weighted by atomic mass is 10.1. The summed E-state index contributed by atoms with van der Waals surface area (Å²) in [5, 5.41) is 5.97. The highest BCUT2D eigenvalue weighted by atomic mass is 16.5. The first-order valence-electron chi connectivity index (χ1n) is 11.2. The van der Waals surface area contributed by atoms with E-state index in [9.17, 15) is 9.59 Å². The predicted octanol–water partition coefficient (Wildman–Crippen LogP) is 5.18. The molecule has 2 aromatic rings. The maximum absolute atomic E-state index is 12.5. The molecule has 0 aliphatic heterocycles. The van der Waals surface area contributed by atoms with Crippen LogP contribution < -0.4 is 15.4 Å². The molecule has 0 radical (unpaired) electrons. The van der Waals surface area contributed by atoms with Gasteiger partial charge in [-0.05, 0) is 50.6 Å². The Kier molecular flexibility index (Phi) is 10.4. The molecular weight excluding hydrogens is 390 g/mol. The van der Waals surface area contributed by atoms with Gasteiger partial charge in [-0.25, -0.2) is 0 Å². The molecule has 6 heteroatoms. The van der Waals surface area contributed by atoms with Gasteiger partial charge in [-0.2, -0.15) is 0 Å². The number of anilines is 2. The molecule has 0 atom stereocenters. The van der Waals surface area contributed by atoms with Gasteiger partial charge in [0.15, 0.2) is 0 Å². The minimum Gasteiger partial charge on any atom is -0.494 e. The molecule has 0 bridgehead atoms. The lowest BCUT2D eigenvalue weighted by Crippen LogP contribution is -2.30. The number of hydrogen-bond donors (Lipinski definition) is 2. The number of ether oxygens (including phenoxy) is 1. The fourth-order valence-electron chi connectivity index (χ4n) is 3.23. The standard InChI is InChI=1S/C25H35N3O3/c1-4-7-8-9-16-31-23-15-11-13-21(18-23)26-19-24(29)27-22-14-10-12-20(17-22)25(30)28(5-2)6-3/h10-15,17-18,26H,4-9,16,19H2,1-3H3,(H,27,29). The summed E-state index contributed by atoms with van der Waals surface area (Å²) in [4.78, 5) is 26.6. The number of carbonyl (C=O) groups excluding carboxylic acids is 2. The van der Waals surface area contributed by atoms with Crippen molar-refractivity contribution < 1.29 is 14.3 Å². The van der Waals surface area contributed by atoms with E-state index in [0.29, 0.717) is 30.9 Å². The summed E-state index contributed by atoms with van der Waals surface area (Å²) in [6, 6.07) is 14.7. The number of carbonyl (C=O) groups is 2. The average Bonchev–Trinajstić information content (AvgIpc) is 2.79. The number of hydrogen-bond acceptors (Lipinski definition) is 4. The summed E-state index contributed by atoms with van der Waals surface area (Å²) in [5.74, 6) is 0.577. The molecule has 31 heavy (non-hydrogen) atoms. The van der Waals surface area contributed by atoms with Crippen LogP contribution in [0.5, 0.6) is 5.75 Å². The van der Waals surface area contributed by atoms with Crippen molar-refractivity contribution in [1.82, 2.24) is 4.90 Å². The van der Waals surface area contributed by atoms with Crippen molar-refractivity contribution in [3.63, 3.8) is 0 Å². The van der Waals surface area contributed by atoms with Crippen LogP contribution in [0, 0.1) is 0 Å². The van der Waals surface area contributed by atoms with Gasteiger partial charge in [-0.3, -0.25) is 9.59 Å². The summed E-state index contributed by atoms with van der Waals surface area (Å²) < 4.78 is 5.79. The topological polar surface area (TPSA) is 70.7 Å². The molecule has 0 fully saturated rings. The Bertz CT molecular complexity index is 834. The van der Waals surface area contributed by atoms with Crippen molar-refractivity contribution in [2.45, 2.75) is 46.5 Å². The van der Waals surface area contributed by atoms with E-state index in [4.69, 9.17) is 4.74 Å². The van der Waals surface area contributed by atoms with Gasteiger partial charge < -0.3 is 20.3 Å². The highest BCUT2D eigenvalue weighted by molar-refractivity contribution is 5.98. The zero-order valence-electron chi connectivity index (χ0n) is 18.9. The Morgan fingerprint density at radius 2 is 1.65 bits per heavy atom. The van der Waals surface area contributed by atoms with Gasteiger partial charge in [-0.15, -0.1) is 0 Å². The van der Waals surface area contributed by atoms with Gasteiger partial charge in [0, 0.05) is 36.1 Å². The molecule has 0 spiro atoms. The van der Waals surface area contributed by atoms with E-state index in [-0.39, 0.29) is 18.4 Å². The van der Waals surface area contributed by atoms with E-state index < -0.39 is 0 Å². The molecule has 0 saturated heterocycles. The van der Waals surface area contributed by atoms with Gasteiger partial charge in [0.25, 0.3) is 5.91 Å². The van der Waals surface area contributed by atoms with Crippen molar-refractivity contribution in [3.8, 4) is 5.75 Å². The zero-order chi connectivity index (χ0) is 22.5. The van der Waals surface area contributed by atoms with Crippen molar-refractivity contribution in [2.24, 2.45) is 0 Å². The first-order chi connectivity index (χ1) is 15.1. The Balaban J connectivity index is 1.85. The number of amides is 2. The first-order valence-corrected chi connectivity index (χ1v) is 11.2. The van der Waals surface area contributed by atoms with Crippen molar-refractivity contribution >= 4 is 23.2 Å². The highest BCUT2D eigenvalue weighted by Gasteiger charge is 2.13. The number of nitrogens with one attached hydrogen (secondary N) is 2. The fourth-order valence-corrected chi connectivity index (χ4v) is 3.23. The van der Waals surface area contributed by atoms with Gasteiger partial charge >= 0.3 is 0 Å². The molecule has 2 N–H and O–H groups in total. The van der Waals surface area contributed by atoms with Gasteiger partial charge in [0.05, 0.1) is 13.2 Å². The minimum absolute atomic E-state index is 0.0364. The molecule has 2 rings (SSSR count). The van der Waals surface area contributed by atoms with E-state index >= 15 is 0 Å². The first kappa shape index (κ1) is 24.3. The van der Waals surface area contributed by atoms with Crippen LogP contribution in [-0.4, -0.2) is 43.0 Å². The average molecular weight is 426 g/mol. The zero-order valence-corrected chi connectivity index (χ0v) is 18.9. The van der Waals surface area contributed by atoms with Crippen LogP contribution >= 0.6 is 0 Å².